The third-order valence-electron chi connectivity index (χ3n) is 4.27. The van der Waals surface area contributed by atoms with Gasteiger partial charge in [0.1, 0.15) is 5.82 Å². The molecule has 29 heavy (non-hydrogen) atoms. The van der Waals surface area contributed by atoms with E-state index in [-0.39, 0.29) is 28.0 Å². The van der Waals surface area contributed by atoms with Gasteiger partial charge in [-0.3, -0.25) is 15.6 Å². The van der Waals surface area contributed by atoms with E-state index in [1.807, 2.05) is 0 Å². The number of hydrogen-bond donors (Lipinski definition) is 3. The van der Waals surface area contributed by atoms with Gasteiger partial charge < -0.3 is 4.52 Å². The second kappa shape index (κ2) is 7.64. The van der Waals surface area contributed by atoms with E-state index in [0.29, 0.717) is 5.69 Å². The third-order valence-corrected chi connectivity index (χ3v) is 5.80. The lowest BCUT2D eigenvalue weighted by Crippen LogP contribution is -2.29. The number of carbonyl (C=O) groups is 1. The summed E-state index contributed by atoms with van der Waals surface area (Å²) in [6.07, 6.45) is 1.71. The van der Waals surface area contributed by atoms with Gasteiger partial charge in [-0.2, -0.15) is 0 Å². The van der Waals surface area contributed by atoms with Gasteiger partial charge in [0, 0.05) is 12.1 Å². The summed E-state index contributed by atoms with van der Waals surface area (Å²) in [7, 11) is -3.53. The van der Waals surface area contributed by atoms with Crippen molar-refractivity contribution in [3.8, 4) is 11.3 Å². The van der Waals surface area contributed by atoms with Crippen LogP contribution in [-0.4, -0.2) is 25.5 Å². The minimum absolute atomic E-state index is 0.0220. The molecule has 8 nitrogen and oxygen atoms in total. The van der Waals surface area contributed by atoms with Gasteiger partial charge in [0.2, 0.25) is 10.0 Å². The number of amides is 1. The number of benzene rings is 2. The minimum Gasteiger partial charge on any atom is -0.355 e. The summed E-state index contributed by atoms with van der Waals surface area (Å²) in [4.78, 5) is 12.4. The Hall–Kier alpha value is -3.24. The molecule has 1 aliphatic rings. The van der Waals surface area contributed by atoms with Crippen LogP contribution in [0.4, 0.5) is 10.1 Å². The summed E-state index contributed by atoms with van der Waals surface area (Å²) in [6, 6.07) is 13.3. The van der Waals surface area contributed by atoms with Crippen LogP contribution in [0.2, 0.25) is 0 Å². The molecule has 1 saturated carbocycles. The van der Waals surface area contributed by atoms with E-state index in [9.17, 15) is 17.6 Å². The molecule has 0 radical (unpaired) electrons. The SMILES string of the molecule is O=C(NNc1ccc(S(=O)(=O)NC2CC2)cc1)c1cc(-c2ccccc2F)on1. The summed E-state index contributed by atoms with van der Waals surface area (Å²) in [5.74, 6) is -0.950. The maximum Gasteiger partial charge on any atom is 0.291 e. The van der Waals surface area contributed by atoms with Crippen LogP contribution in [0.1, 0.15) is 23.3 Å². The second-order valence-corrected chi connectivity index (χ2v) is 8.27. The van der Waals surface area contributed by atoms with Gasteiger partial charge in [0.15, 0.2) is 11.5 Å². The van der Waals surface area contributed by atoms with Crippen LogP contribution in [0.25, 0.3) is 11.3 Å². The van der Waals surface area contributed by atoms with E-state index in [0.717, 1.165) is 12.8 Å². The number of sulfonamides is 1. The number of hydrazine groups is 1. The maximum atomic E-state index is 13.8. The Labute approximate surface area is 166 Å². The third kappa shape index (κ3) is 4.44. The number of rotatable bonds is 7. The Morgan fingerprint density at radius 3 is 2.52 bits per heavy atom. The first kappa shape index (κ1) is 19.1. The summed E-state index contributed by atoms with van der Waals surface area (Å²) in [5, 5.41) is 3.64. The second-order valence-electron chi connectivity index (χ2n) is 6.56. The van der Waals surface area contributed by atoms with Gasteiger partial charge >= 0.3 is 0 Å². The molecule has 0 aliphatic heterocycles. The molecule has 1 heterocycles. The van der Waals surface area contributed by atoms with Crippen molar-refractivity contribution in [1.82, 2.24) is 15.3 Å². The van der Waals surface area contributed by atoms with Crippen molar-refractivity contribution in [3.63, 3.8) is 0 Å². The zero-order chi connectivity index (χ0) is 20.4. The topological polar surface area (TPSA) is 113 Å². The van der Waals surface area contributed by atoms with Gasteiger partial charge in [-0.15, -0.1) is 0 Å². The van der Waals surface area contributed by atoms with E-state index >= 15 is 0 Å². The maximum absolute atomic E-state index is 13.8. The van der Waals surface area contributed by atoms with Crippen molar-refractivity contribution in [2.45, 2.75) is 23.8 Å². The van der Waals surface area contributed by atoms with Gasteiger partial charge in [-0.05, 0) is 49.2 Å². The lowest BCUT2D eigenvalue weighted by molar-refractivity contribution is 0.0953. The fourth-order valence-electron chi connectivity index (χ4n) is 2.57. The first-order valence-electron chi connectivity index (χ1n) is 8.83. The predicted molar refractivity (Wildman–Crippen MR) is 103 cm³/mol. The first-order chi connectivity index (χ1) is 13.9. The molecule has 1 aromatic heterocycles. The van der Waals surface area contributed by atoms with Crippen LogP contribution in [0.15, 0.2) is 64.0 Å². The molecule has 3 aromatic rings. The molecule has 2 aromatic carbocycles. The molecule has 1 fully saturated rings. The van der Waals surface area contributed by atoms with E-state index < -0.39 is 21.7 Å². The zero-order valence-electron chi connectivity index (χ0n) is 15.1. The van der Waals surface area contributed by atoms with Crippen molar-refractivity contribution in [2.75, 3.05) is 5.43 Å². The van der Waals surface area contributed by atoms with Crippen molar-refractivity contribution in [3.05, 3.63) is 66.1 Å². The Bertz CT molecular complexity index is 1140. The van der Waals surface area contributed by atoms with Gasteiger partial charge in [-0.1, -0.05) is 17.3 Å². The Morgan fingerprint density at radius 1 is 1.10 bits per heavy atom. The molecule has 1 amide bonds. The lowest BCUT2D eigenvalue weighted by atomic mass is 10.1. The van der Waals surface area contributed by atoms with Crippen molar-refractivity contribution in [1.29, 1.82) is 0 Å². The Balaban J connectivity index is 1.38. The quantitative estimate of drug-likeness (QED) is 0.511. The number of halogens is 1. The molecule has 0 spiro atoms. The highest BCUT2D eigenvalue weighted by atomic mass is 32.2. The standard InChI is InChI=1S/C19H17FN4O4S/c20-16-4-2-1-3-15(16)18-11-17(23-28-18)19(25)22-21-12-7-9-14(10-8-12)29(26,27)24-13-5-6-13/h1-4,7-11,13,21,24H,5-6H2,(H,22,25). The van der Waals surface area contributed by atoms with Crippen LogP contribution >= 0.6 is 0 Å². The van der Waals surface area contributed by atoms with Crippen LogP contribution in [0, 0.1) is 5.82 Å². The number of anilines is 1. The van der Waals surface area contributed by atoms with Gasteiger partial charge in [0.25, 0.3) is 5.91 Å². The predicted octanol–water partition coefficient (Wildman–Crippen LogP) is 2.68. The Morgan fingerprint density at radius 2 is 1.83 bits per heavy atom. The zero-order valence-corrected chi connectivity index (χ0v) is 15.9. The molecule has 10 heteroatoms. The highest BCUT2D eigenvalue weighted by molar-refractivity contribution is 7.89. The molecular formula is C19H17FN4O4S. The fourth-order valence-corrected chi connectivity index (χ4v) is 3.87. The van der Waals surface area contributed by atoms with Gasteiger partial charge in [0.05, 0.1) is 16.1 Å². The number of aromatic nitrogens is 1. The molecule has 4 rings (SSSR count). The largest absolute Gasteiger partial charge is 0.355 e. The summed E-state index contributed by atoms with van der Waals surface area (Å²) < 4.78 is 45.7. The molecule has 3 N–H and O–H groups in total. The minimum atomic E-state index is -3.53. The van der Waals surface area contributed by atoms with Crippen molar-refractivity contribution < 1.29 is 22.1 Å². The summed E-state index contributed by atoms with van der Waals surface area (Å²) >= 11 is 0. The number of carbonyl (C=O) groups excluding carboxylic acids is 1. The van der Waals surface area contributed by atoms with E-state index in [4.69, 9.17) is 4.52 Å². The van der Waals surface area contributed by atoms with Crippen molar-refractivity contribution >= 4 is 21.6 Å². The van der Waals surface area contributed by atoms with E-state index in [1.165, 1.54) is 42.5 Å². The summed E-state index contributed by atoms with van der Waals surface area (Å²) in [6.45, 7) is 0. The average Bonchev–Trinajstić information content (AvgIpc) is 3.37. The molecule has 0 unspecified atom stereocenters. The number of nitrogens with one attached hydrogen (secondary N) is 3. The molecule has 150 valence electrons. The van der Waals surface area contributed by atoms with Crippen LogP contribution < -0.4 is 15.6 Å². The van der Waals surface area contributed by atoms with E-state index in [1.54, 1.807) is 12.1 Å². The monoisotopic (exact) mass is 416 g/mol. The lowest BCUT2D eigenvalue weighted by Gasteiger charge is -2.09. The fraction of sp³-hybridized carbons (Fsp3) is 0.158. The van der Waals surface area contributed by atoms with Gasteiger partial charge in [-0.25, -0.2) is 17.5 Å². The first-order valence-corrected chi connectivity index (χ1v) is 10.3. The van der Waals surface area contributed by atoms with Crippen LogP contribution in [-0.2, 0) is 10.0 Å². The Kier molecular flexibility index (Phi) is 5.03. The molecular weight excluding hydrogens is 399 g/mol. The van der Waals surface area contributed by atoms with Crippen LogP contribution in [0.3, 0.4) is 0 Å². The number of hydrogen-bond acceptors (Lipinski definition) is 6. The number of nitrogens with zero attached hydrogens (tertiary/aromatic N) is 1. The van der Waals surface area contributed by atoms with Crippen LogP contribution in [0.5, 0.6) is 0 Å². The normalized spacial score (nSPS) is 13.8. The highest BCUT2D eigenvalue weighted by Crippen LogP contribution is 2.24. The summed E-state index contributed by atoms with van der Waals surface area (Å²) in [5.41, 5.74) is 5.72. The molecule has 0 atom stereocenters. The average molecular weight is 416 g/mol. The van der Waals surface area contributed by atoms with E-state index in [2.05, 4.69) is 20.7 Å². The molecule has 0 saturated heterocycles. The molecule has 1 aliphatic carbocycles. The highest BCUT2D eigenvalue weighted by Gasteiger charge is 2.27. The molecule has 0 bridgehead atoms. The van der Waals surface area contributed by atoms with Crippen molar-refractivity contribution in [2.24, 2.45) is 0 Å². The smallest absolute Gasteiger partial charge is 0.291 e.